The Bertz CT molecular complexity index is 183. The van der Waals surface area contributed by atoms with Gasteiger partial charge in [-0.05, 0) is 13.0 Å². The van der Waals surface area contributed by atoms with Gasteiger partial charge in [-0.25, -0.2) is 4.79 Å². The number of piperidine rings is 1. The molecule has 2 N–H and O–H groups in total. The molecule has 2 bridgehead atoms. The zero-order chi connectivity index (χ0) is 7.84. The molecule has 3 atom stereocenters. The Morgan fingerprint density at radius 2 is 2.36 bits per heavy atom. The largest absolute Gasteiger partial charge is 0.445 e. The summed E-state index contributed by atoms with van der Waals surface area (Å²) in [6.45, 7) is 3.12. The summed E-state index contributed by atoms with van der Waals surface area (Å²) in [4.78, 5) is 12.7. The zero-order valence-electron chi connectivity index (χ0n) is 6.32. The topological polar surface area (TPSA) is 55.6 Å². The van der Waals surface area contributed by atoms with Crippen LogP contribution in [0, 0.1) is 5.92 Å². The molecule has 2 rings (SSSR count). The molecule has 0 spiro atoms. The highest BCUT2D eigenvalue weighted by atomic mass is 16.6. The first-order valence-electron chi connectivity index (χ1n) is 3.94. The average Bonchev–Trinajstić information content (AvgIpc) is 2.45. The van der Waals surface area contributed by atoms with Gasteiger partial charge in [0.05, 0.1) is 0 Å². The van der Waals surface area contributed by atoms with Gasteiger partial charge in [-0.15, -0.1) is 0 Å². The zero-order valence-corrected chi connectivity index (χ0v) is 6.32. The Labute approximate surface area is 65.3 Å². The second kappa shape index (κ2) is 2.37. The van der Waals surface area contributed by atoms with Crippen molar-refractivity contribution in [2.45, 2.75) is 12.5 Å². The molecule has 1 amide bonds. The second-order valence-corrected chi connectivity index (χ2v) is 3.28. The number of primary amides is 1. The predicted octanol–water partition coefficient (Wildman–Crippen LogP) is -0.214. The van der Waals surface area contributed by atoms with Crippen LogP contribution in [0.4, 0.5) is 4.79 Å². The number of fused-ring (bicyclic) bond motifs is 2. The third kappa shape index (κ3) is 1.18. The highest BCUT2D eigenvalue weighted by molar-refractivity contribution is 5.64. The lowest BCUT2D eigenvalue weighted by Crippen LogP contribution is -2.33. The van der Waals surface area contributed by atoms with E-state index in [2.05, 4.69) is 4.90 Å². The van der Waals surface area contributed by atoms with Crippen LogP contribution in [0.25, 0.3) is 0 Å². The van der Waals surface area contributed by atoms with Crippen LogP contribution in [0.15, 0.2) is 0 Å². The summed E-state index contributed by atoms with van der Waals surface area (Å²) in [5, 5.41) is 0. The molecular formula is C7H12N2O2. The normalized spacial score (nSPS) is 40.9. The van der Waals surface area contributed by atoms with Crippen molar-refractivity contribution < 1.29 is 9.53 Å². The lowest BCUT2D eigenvalue weighted by molar-refractivity contribution is 0.0759. The molecular weight excluding hydrogens is 144 g/mol. The maximum atomic E-state index is 10.4. The predicted molar refractivity (Wildman–Crippen MR) is 39.0 cm³/mol. The number of ether oxygens (including phenoxy) is 1. The minimum atomic E-state index is -0.635. The summed E-state index contributed by atoms with van der Waals surface area (Å²) in [6.07, 6.45) is 0.586. The van der Waals surface area contributed by atoms with Crippen LogP contribution in [0.2, 0.25) is 0 Å². The molecule has 62 valence electrons. The van der Waals surface area contributed by atoms with Crippen molar-refractivity contribution in [2.75, 3.05) is 19.6 Å². The van der Waals surface area contributed by atoms with Crippen molar-refractivity contribution >= 4 is 6.09 Å². The monoisotopic (exact) mass is 156 g/mol. The molecule has 2 saturated heterocycles. The number of carbonyl (C=O) groups is 1. The van der Waals surface area contributed by atoms with Crippen LogP contribution in [0.3, 0.4) is 0 Å². The van der Waals surface area contributed by atoms with E-state index in [0.29, 0.717) is 5.92 Å². The van der Waals surface area contributed by atoms with Crippen molar-refractivity contribution in [1.82, 2.24) is 4.90 Å². The molecule has 4 heteroatoms. The minimum Gasteiger partial charge on any atom is -0.445 e. The molecule has 0 radical (unpaired) electrons. The molecule has 0 aromatic carbocycles. The molecule has 0 aliphatic carbocycles. The van der Waals surface area contributed by atoms with E-state index in [-0.39, 0.29) is 6.10 Å². The van der Waals surface area contributed by atoms with Crippen molar-refractivity contribution in [3.8, 4) is 0 Å². The third-order valence-electron chi connectivity index (χ3n) is 2.54. The highest BCUT2D eigenvalue weighted by Crippen LogP contribution is 2.29. The maximum Gasteiger partial charge on any atom is 0.404 e. The molecule has 3 unspecified atom stereocenters. The fourth-order valence-electron chi connectivity index (χ4n) is 2.02. The first-order chi connectivity index (χ1) is 5.25. The average molecular weight is 156 g/mol. The van der Waals surface area contributed by atoms with Crippen molar-refractivity contribution in [3.63, 3.8) is 0 Å². The number of amides is 1. The number of hydrogen-bond acceptors (Lipinski definition) is 3. The number of carbonyl (C=O) groups excluding carboxylic acids is 1. The van der Waals surface area contributed by atoms with Gasteiger partial charge in [-0.1, -0.05) is 0 Å². The van der Waals surface area contributed by atoms with E-state index in [4.69, 9.17) is 10.5 Å². The Hall–Kier alpha value is -0.770. The van der Waals surface area contributed by atoms with Gasteiger partial charge in [0.2, 0.25) is 0 Å². The van der Waals surface area contributed by atoms with Gasteiger partial charge in [0.15, 0.2) is 0 Å². The first kappa shape index (κ1) is 6.91. The summed E-state index contributed by atoms with van der Waals surface area (Å²) in [5.74, 6) is 0.544. The number of hydrogen-bond donors (Lipinski definition) is 1. The number of nitrogens with two attached hydrogens (primary N) is 1. The highest BCUT2D eigenvalue weighted by Gasteiger charge is 2.39. The van der Waals surface area contributed by atoms with Gasteiger partial charge in [0.1, 0.15) is 6.10 Å². The van der Waals surface area contributed by atoms with E-state index < -0.39 is 6.09 Å². The van der Waals surface area contributed by atoms with Crippen molar-refractivity contribution in [1.29, 1.82) is 0 Å². The second-order valence-electron chi connectivity index (χ2n) is 3.28. The molecule has 0 aromatic heterocycles. The van der Waals surface area contributed by atoms with Crippen LogP contribution < -0.4 is 5.73 Å². The van der Waals surface area contributed by atoms with E-state index in [1.807, 2.05) is 0 Å². The van der Waals surface area contributed by atoms with Gasteiger partial charge >= 0.3 is 6.09 Å². The van der Waals surface area contributed by atoms with Crippen LogP contribution in [0.1, 0.15) is 6.42 Å². The van der Waals surface area contributed by atoms with Crippen LogP contribution in [0.5, 0.6) is 0 Å². The molecule has 2 fully saturated rings. The van der Waals surface area contributed by atoms with E-state index >= 15 is 0 Å². The van der Waals surface area contributed by atoms with Crippen molar-refractivity contribution in [3.05, 3.63) is 0 Å². The van der Waals surface area contributed by atoms with Crippen molar-refractivity contribution in [2.24, 2.45) is 11.7 Å². The smallest absolute Gasteiger partial charge is 0.404 e. The summed E-state index contributed by atoms with van der Waals surface area (Å²) in [6, 6.07) is 0. The summed E-state index contributed by atoms with van der Waals surface area (Å²) in [7, 11) is 0. The Kier molecular flexibility index (Phi) is 1.49. The molecule has 2 aliphatic heterocycles. The summed E-state index contributed by atoms with van der Waals surface area (Å²) < 4.78 is 4.94. The van der Waals surface area contributed by atoms with Gasteiger partial charge in [-0.3, -0.25) is 4.90 Å². The fourth-order valence-corrected chi connectivity index (χ4v) is 2.02. The standard InChI is InChI=1S/C7H12N2O2/c8-7(10)11-6-4-9-2-1-5(6)3-9/h5-6H,1-4H2,(H2,8,10). The van der Waals surface area contributed by atoms with E-state index in [0.717, 1.165) is 26.1 Å². The Morgan fingerprint density at radius 3 is 2.82 bits per heavy atom. The molecule has 0 aromatic rings. The minimum absolute atomic E-state index is 0.0706. The van der Waals surface area contributed by atoms with Gasteiger partial charge < -0.3 is 10.5 Å². The summed E-state index contributed by atoms with van der Waals surface area (Å²) in [5.41, 5.74) is 4.92. The first-order valence-corrected chi connectivity index (χ1v) is 3.94. The van der Waals surface area contributed by atoms with Crippen LogP contribution in [-0.2, 0) is 4.74 Å². The molecule has 2 heterocycles. The lowest BCUT2D eigenvalue weighted by atomic mass is 10.0. The Balaban J connectivity index is 1.92. The molecule has 0 saturated carbocycles. The Morgan fingerprint density at radius 1 is 1.55 bits per heavy atom. The molecule has 11 heavy (non-hydrogen) atoms. The molecule has 2 aliphatic rings. The maximum absolute atomic E-state index is 10.4. The van der Waals surface area contributed by atoms with Crippen LogP contribution >= 0.6 is 0 Å². The van der Waals surface area contributed by atoms with Gasteiger partial charge in [0, 0.05) is 19.0 Å². The lowest BCUT2D eigenvalue weighted by Gasteiger charge is -2.20. The van der Waals surface area contributed by atoms with Crippen LogP contribution in [-0.4, -0.2) is 36.7 Å². The van der Waals surface area contributed by atoms with Gasteiger partial charge in [0.25, 0.3) is 0 Å². The number of nitrogens with zero attached hydrogens (tertiary/aromatic N) is 1. The number of rotatable bonds is 1. The van der Waals surface area contributed by atoms with E-state index in [9.17, 15) is 4.79 Å². The third-order valence-corrected chi connectivity index (χ3v) is 2.54. The molecule has 4 nitrogen and oxygen atoms in total. The SMILES string of the molecule is NC(=O)OC1CN2CCC1C2. The summed E-state index contributed by atoms with van der Waals surface area (Å²) >= 11 is 0. The fraction of sp³-hybridized carbons (Fsp3) is 0.857. The van der Waals surface area contributed by atoms with E-state index in [1.54, 1.807) is 0 Å². The van der Waals surface area contributed by atoms with E-state index in [1.165, 1.54) is 0 Å². The van der Waals surface area contributed by atoms with Gasteiger partial charge in [-0.2, -0.15) is 0 Å². The quantitative estimate of drug-likeness (QED) is 0.571.